The Bertz CT molecular complexity index is 1730. The predicted molar refractivity (Wildman–Crippen MR) is 166 cm³/mol. The summed E-state index contributed by atoms with van der Waals surface area (Å²) >= 11 is 0. The van der Waals surface area contributed by atoms with Crippen LogP contribution in [-0.4, -0.2) is 77.0 Å². The van der Waals surface area contributed by atoms with Crippen molar-refractivity contribution < 1.29 is 88.2 Å². The number of rotatable bonds is 21. The summed E-state index contributed by atoms with van der Waals surface area (Å²) in [6.07, 6.45) is 4.51. The van der Waals surface area contributed by atoms with Crippen LogP contribution in [0.4, 0.5) is 5.82 Å². The maximum atomic E-state index is 12.2. The molecule has 1 aliphatic heterocycles. The van der Waals surface area contributed by atoms with E-state index >= 15 is 0 Å². The van der Waals surface area contributed by atoms with E-state index in [0.29, 0.717) is 37.8 Å². The van der Waals surface area contributed by atoms with Gasteiger partial charge in [0, 0.05) is 24.7 Å². The van der Waals surface area contributed by atoms with Crippen molar-refractivity contribution >= 4 is 50.8 Å². The van der Waals surface area contributed by atoms with E-state index in [-0.39, 0.29) is 24.6 Å². The Labute approximate surface area is 282 Å². The molecule has 1 saturated heterocycles. The van der Waals surface area contributed by atoms with Gasteiger partial charge in [0.15, 0.2) is 0 Å². The number of nitrogens with two attached hydrogens (primary N) is 1. The number of allylic oxidation sites excluding steroid dienone is 3. The van der Waals surface area contributed by atoms with Gasteiger partial charge in [-0.2, -0.15) is 22.2 Å². The molecule has 1 amide bonds. The second-order valence-corrected chi connectivity index (χ2v) is 18.1. The first-order valence-corrected chi connectivity index (χ1v) is 21.7. The molecule has 29 heteroatoms. The molecule has 5 unspecified atom stereocenters. The zero-order valence-electron chi connectivity index (χ0n) is 25.6. The lowest BCUT2D eigenvalue weighted by Gasteiger charge is -2.21. The molecule has 9 N–H and O–H groups in total. The summed E-state index contributed by atoms with van der Waals surface area (Å²) in [5.74, 6) is -0.295. The molecule has 1 fully saturated rings. The third-order valence-corrected chi connectivity index (χ3v) is 13.9. The first kappa shape index (κ1) is 42.7. The SMILES string of the molecule is Nc1ccn([C@H]2C[C@H](O)[C@@H](COP(=O)(O)OP(=O)(O)OP(=O)(O)OP(=O)(O)OP(=O)(O)OCCCCCCNC(=O)C3=CC=CC3)O2)c(=O)n1. The molecule has 0 bridgehead atoms. The molecular weight excluding hydrogens is 783 g/mol. The van der Waals surface area contributed by atoms with Crippen molar-refractivity contribution in [2.24, 2.45) is 0 Å². The van der Waals surface area contributed by atoms with Gasteiger partial charge in [-0.05, 0) is 25.3 Å². The maximum absolute atomic E-state index is 12.2. The average Bonchev–Trinajstić information content (AvgIpc) is 3.61. The van der Waals surface area contributed by atoms with Crippen LogP contribution >= 0.6 is 39.1 Å². The van der Waals surface area contributed by atoms with Crippen LogP contribution in [0.25, 0.3) is 0 Å². The van der Waals surface area contributed by atoms with E-state index in [1.807, 2.05) is 6.08 Å². The number of nitrogen functional groups attached to an aromatic ring is 1. The monoisotopic (exact) mass is 818 g/mol. The van der Waals surface area contributed by atoms with Crippen molar-refractivity contribution in [1.82, 2.24) is 14.9 Å². The highest BCUT2D eigenvalue weighted by atomic mass is 31.3. The highest BCUT2D eigenvalue weighted by molar-refractivity contribution is 7.71. The second kappa shape index (κ2) is 17.9. The lowest BCUT2D eigenvalue weighted by Crippen LogP contribution is -2.28. The summed E-state index contributed by atoms with van der Waals surface area (Å²) < 4.78 is 90.8. The zero-order valence-corrected chi connectivity index (χ0v) is 30.1. The number of carbonyl (C=O) groups is 1. The first-order chi connectivity index (χ1) is 23.1. The van der Waals surface area contributed by atoms with E-state index < -0.39 is 76.5 Å². The van der Waals surface area contributed by atoms with Crippen LogP contribution in [0.5, 0.6) is 0 Å². The van der Waals surface area contributed by atoms with E-state index in [1.165, 1.54) is 12.3 Å². The van der Waals surface area contributed by atoms with E-state index in [9.17, 15) is 62.0 Å². The van der Waals surface area contributed by atoms with Crippen molar-refractivity contribution in [3.63, 3.8) is 0 Å². The van der Waals surface area contributed by atoms with Crippen LogP contribution in [0.15, 0.2) is 40.9 Å². The Morgan fingerprint density at radius 3 is 2.08 bits per heavy atom. The summed E-state index contributed by atoms with van der Waals surface area (Å²) in [5, 5.41) is 12.9. The van der Waals surface area contributed by atoms with Gasteiger partial charge in [0.2, 0.25) is 5.91 Å². The van der Waals surface area contributed by atoms with E-state index in [2.05, 4.69) is 36.6 Å². The minimum atomic E-state index is -6.27. The Kier molecular flexibility index (Phi) is 15.2. The van der Waals surface area contributed by atoms with Crippen LogP contribution < -0.4 is 16.7 Å². The van der Waals surface area contributed by atoms with Crippen molar-refractivity contribution in [3.8, 4) is 0 Å². The third-order valence-electron chi connectivity index (χ3n) is 6.27. The number of amides is 1. The number of nitrogens with zero attached hydrogens (tertiary/aromatic N) is 2. The fraction of sp³-hybridized carbons (Fsp3) is 0.571. The van der Waals surface area contributed by atoms with Gasteiger partial charge in [0.05, 0.1) is 19.3 Å². The topological polar surface area (TPSA) is 361 Å². The van der Waals surface area contributed by atoms with Crippen molar-refractivity contribution in [3.05, 3.63) is 46.5 Å². The first-order valence-electron chi connectivity index (χ1n) is 14.2. The molecule has 2 heterocycles. The van der Waals surface area contributed by atoms with Crippen molar-refractivity contribution in [2.45, 2.75) is 57.0 Å². The highest BCUT2D eigenvalue weighted by Gasteiger charge is 2.48. The number of nitrogens with one attached hydrogen (secondary N) is 1. The molecule has 0 radical (unpaired) electrons. The molecule has 8 atom stereocenters. The highest BCUT2D eigenvalue weighted by Crippen LogP contribution is 2.73. The largest absolute Gasteiger partial charge is 0.490 e. The van der Waals surface area contributed by atoms with Gasteiger partial charge in [-0.25, -0.2) is 27.6 Å². The van der Waals surface area contributed by atoms with Crippen LogP contribution in [0.3, 0.4) is 0 Å². The summed E-state index contributed by atoms with van der Waals surface area (Å²) in [6.45, 7) is -1.15. The molecular formula is C21H35N4O20P5. The number of hydrogen-bond acceptors (Lipinski definition) is 17. The van der Waals surface area contributed by atoms with Gasteiger partial charge in [-0.1, -0.05) is 31.1 Å². The molecule has 284 valence electrons. The van der Waals surface area contributed by atoms with Gasteiger partial charge < -0.3 is 45.4 Å². The van der Waals surface area contributed by atoms with E-state index in [1.54, 1.807) is 12.2 Å². The summed E-state index contributed by atoms with van der Waals surface area (Å²) in [4.78, 5) is 75.7. The number of ether oxygens (including phenoxy) is 1. The number of aliphatic hydroxyl groups is 1. The minimum absolute atomic E-state index is 0.0994. The maximum Gasteiger partial charge on any atom is 0.490 e. The van der Waals surface area contributed by atoms with E-state index in [0.717, 1.165) is 4.57 Å². The Balaban J connectivity index is 1.39. The third kappa shape index (κ3) is 14.7. The molecule has 3 rings (SSSR count). The second-order valence-electron chi connectivity index (χ2n) is 10.3. The summed E-state index contributed by atoms with van der Waals surface area (Å²) in [5.41, 5.74) is 5.18. The van der Waals surface area contributed by atoms with Gasteiger partial charge in [-0.15, -0.1) is 0 Å². The number of anilines is 1. The standard InChI is InChI=1S/C21H35N4O20P5/c22-18-9-11-25(21(28)24-18)19-13-16(26)17(41-19)14-40-47(31,32)43-49(35,36)45-50(37,38)44-48(33,34)42-46(29,30)39-12-6-2-1-5-10-23-20(27)15-7-3-4-8-15/h3-4,7,9,11,16-17,19,26H,1-2,5-6,8,10,12-14H2,(H,23,27)(H,29,30)(H,31,32)(H,33,34)(H,35,36)(H,37,38)(H2,22,24,28)/t16-,17+,19+/m0/s1. The van der Waals surface area contributed by atoms with Gasteiger partial charge >= 0.3 is 44.8 Å². The van der Waals surface area contributed by atoms with E-state index in [4.69, 9.17) is 10.5 Å². The van der Waals surface area contributed by atoms with Crippen LogP contribution in [0, 0.1) is 0 Å². The lowest BCUT2D eigenvalue weighted by molar-refractivity contribution is -0.117. The van der Waals surface area contributed by atoms with Gasteiger partial charge in [0.25, 0.3) is 0 Å². The Morgan fingerprint density at radius 2 is 1.50 bits per heavy atom. The zero-order chi connectivity index (χ0) is 37.4. The smallest absolute Gasteiger partial charge is 0.390 e. The molecule has 0 saturated carbocycles. The summed E-state index contributed by atoms with van der Waals surface area (Å²) in [7, 11) is -29.7. The Morgan fingerprint density at radius 1 is 0.920 bits per heavy atom. The number of aliphatic hydroxyl groups excluding tert-OH is 1. The van der Waals surface area contributed by atoms with Crippen LogP contribution in [0.2, 0.25) is 0 Å². The average molecular weight is 818 g/mol. The fourth-order valence-electron chi connectivity index (χ4n) is 4.15. The lowest BCUT2D eigenvalue weighted by atomic mass is 10.2. The quantitative estimate of drug-likeness (QED) is 0.0645. The molecule has 1 aliphatic carbocycles. The number of phosphoric acid groups is 5. The normalized spacial score (nSPS) is 25.1. The minimum Gasteiger partial charge on any atom is -0.390 e. The molecule has 50 heavy (non-hydrogen) atoms. The Hall–Kier alpha value is -1.74. The molecule has 1 aromatic rings. The number of hydrogen-bond donors (Lipinski definition) is 8. The molecule has 0 spiro atoms. The van der Waals surface area contributed by atoms with Gasteiger partial charge in [-0.3, -0.25) is 18.4 Å². The van der Waals surface area contributed by atoms with Crippen LogP contribution in [0.1, 0.15) is 44.8 Å². The predicted octanol–water partition coefficient (Wildman–Crippen LogP) is 1.64. The van der Waals surface area contributed by atoms with Gasteiger partial charge in [0.1, 0.15) is 18.1 Å². The number of carbonyl (C=O) groups excluding carboxylic acids is 1. The van der Waals surface area contributed by atoms with Crippen LogP contribution in [-0.2, 0) is 58.6 Å². The molecule has 0 aromatic carbocycles. The van der Waals surface area contributed by atoms with Crippen molar-refractivity contribution in [1.29, 1.82) is 0 Å². The molecule has 24 nitrogen and oxygen atoms in total. The van der Waals surface area contributed by atoms with Crippen molar-refractivity contribution in [2.75, 3.05) is 25.5 Å². The fourth-order valence-corrected chi connectivity index (χ4v) is 10.6. The summed E-state index contributed by atoms with van der Waals surface area (Å²) in [6, 6.07) is 1.25. The molecule has 2 aliphatic rings. The number of phosphoric ester groups is 2. The number of unbranched alkanes of at least 4 members (excludes halogenated alkanes) is 3. The molecule has 1 aromatic heterocycles. The number of aromatic nitrogens is 2.